The number of aromatic amines is 1. The predicted octanol–water partition coefficient (Wildman–Crippen LogP) is 2.76. The molecular weight excluding hydrogens is 298 g/mol. The van der Waals surface area contributed by atoms with Gasteiger partial charge >= 0.3 is 0 Å². The number of hydrogen-bond acceptors (Lipinski definition) is 3. The van der Waals surface area contributed by atoms with Gasteiger partial charge in [-0.3, -0.25) is 14.2 Å². The number of hydrogen-bond donors (Lipinski definition) is 2. The maximum atomic E-state index is 12.4. The molecular formula is C16H21N3O2S. The Morgan fingerprint density at radius 2 is 2.09 bits per heavy atom. The summed E-state index contributed by atoms with van der Waals surface area (Å²) < 4.78 is 1.71. The highest BCUT2D eigenvalue weighted by molar-refractivity contribution is 7.71. The van der Waals surface area contributed by atoms with Gasteiger partial charge in [-0.1, -0.05) is 20.8 Å². The van der Waals surface area contributed by atoms with Gasteiger partial charge in [-0.15, -0.1) is 0 Å². The van der Waals surface area contributed by atoms with E-state index in [1.54, 1.807) is 25.2 Å². The highest BCUT2D eigenvalue weighted by Gasteiger charge is 2.16. The van der Waals surface area contributed by atoms with E-state index < -0.39 is 0 Å². The summed E-state index contributed by atoms with van der Waals surface area (Å²) in [7, 11) is 1.62. The molecule has 2 rings (SSSR count). The highest BCUT2D eigenvalue weighted by Crippen LogP contribution is 2.12. The van der Waals surface area contributed by atoms with Crippen molar-refractivity contribution in [2.75, 3.05) is 0 Å². The molecule has 2 aromatic rings. The van der Waals surface area contributed by atoms with Crippen molar-refractivity contribution in [3.8, 4) is 0 Å². The maximum Gasteiger partial charge on any atom is 0.261 e. The van der Waals surface area contributed by atoms with Crippen molar-refractivity contribution in [3.05, 3.63) is 38.9 Å². The smallest absolute Gasteiger partial charge is 0.261 e. The van der Waals surface area contributed by atoms with Gasteiger partial charge in [0.2, 0.25) is 0 Å². The first-order valence-corrected chi connectivity index (χ1v) is 7.80. The number of benzene rings is 1. The summed E-state index contributed by atoms with van der Waals surface area (Å²) in [5.41, 5.74) is 0.933. The molecule has 0 aliphatic rings. The van der Waals surface area contributed by atoms with Crippen LogP contribution in [-0.4, -0.2) is 21.5 Å². The van der Waals surface area contributed by atoms with Crippen LogP contribution in [0.3, 0.4) is 0 Å². The molecule has 2 N–H and O–H groups in total. The van der Waals surface area contributed by atoms with E-state index >= 15 is 0 Å². The Balaban J connectivity index is 2.42. The monoisotopic (exact) mass is 319 g/mol. The van der Waals surface area contributed by atoms with Crippen LogP contribution in [0.1, 0.15) is 37.6 Å². The molecule has 0 saturated carbocycles. The number of H-pyrrole nitrogens is 1. The maximum absolute atomic E-state index is 12.4. The SMILES string of the molecule is CC[C@H](NC(=O)c1ccc2c(=O)n(C)c(=S)[nH]c2c1)C(C)C. The molecule has 0 fully saturated rings. The lowest BCUT2D eigenvalue weighted by molar-refractivity contribution is 0.0924. The van der Waals surface area contributed by atoms with Gasteiger partial charge in [0.25, 0.3) is 11.5 Å². The van der Waals surface area contributed by atoms with Gasteiger partial charge in [0.05, 0.1) is 10.9 Å². The molecule has 0 saturated heterocycles. The summed E-state index contributed by atoms with van der Waals surface area (Å²) >= 11 is 5.11. The minimum Gasteiger partial charge on any atom is -0.349 e. The molecule has 0 aliphatic carbocycles. The van der Waals surface area contributed by atoms with Gasteiger partial charge < -0.3 is 10.3 Å². The molecule has 0 aliphatic heterocycles. The molecule has 22 heavy (non-hydrogen) atoms. The van der Waals surface area contributed by atoms with E-state index in [0.29, 0.717) is 27.2 Å². The summed E-state index contributed by atoms with van der Waals surface area (Å²) in [5, 5.41) is 3.54. The third-order valence-corrected chi connectivity index (χ3v) is 4.30. The second-order valence-electron chi connectivity index (χ2n) is 5.79. The van der Waals surface area contributed by atoms with Gasteiger partial charge in [0.15, 0.2) is 4.77 Å². The van der Waals surface area contributed by atoms with Crippen LogP contribution in [0, 0.1) is 10.7 Å². The molecule has 1 aromatic carbocycles. The van der Waals surface area contributed by atoms with E-state index in [-0.39, 0.29) is 17.5 Å². The van der Waals surface area contributed by atoms with Crippen molar-refractivity contribution < 1.29 is 4.79 Å². The molecule has 0 bridgehead atoms. The van der Waals surface area contributed by atoms with Crippen LogP contribution in [-0.2, 0) is 7.05 Å². The molecule has 1 heterocycles. The minimum atomic E-state index is -0.167. The Bertz CT molecular complexity index is 820. The lowest BCUT2D eigenvalue weighted by Gasteiger charge is -2.20. The second kappa shape index (κ2) is 6.44. The van der Waals surface area contributed by atoms with Gasteiger partial charge in [-0.25, -0.2) is 0 Å². The van der Waals surface area contributed by atoms with Crippen molar-refractivity contribution in [3.63, 3.8) is 0 Å². The Morgan fingerprint density at radius 3 is 2.68 bits per heavy atom. The second-order valence-corrected chi connectivity index (χ2v) is 6.17. The predicted molar refractivity (Wildman–Crippen MR) is 90.8 cm³/mol. The number of nitrogens with zero attached hydrogens (tertiary/aromatic N) is 1. The molecule has 1 aromatic heterocycles. The van der Waals surface area contributed by atoms with Crippen LogP contribution in [0.4, 0.5) is 0 Å². The largest absolute Gasteiger partial charge is 0.349 e. The molecule has 1 atom stereocenters. The van der Waals surface area contributed by atoms with E-state index in [2.05, 4.69) is 24.1 Å². The standard InChI is InChI=1S/C16H21N3O2S/c1-5-12(9(2)3)17-14(20)10-6-7-11-13(8-10)18-16(22)19(4)15(11)21/h6-9,12H,5H2,1-4H3,(H,17,20)(H,18,22)/t12-/m0/s1. The number of rotatable bonds is 4. The van der Waals surface area contributed by atoms with Crippen LogP contribution in [0.15, 0.2) is 23.0 Å². The van der Waals surface area contributed by atoms with Gasteiger partial charge in [-0.05, 0) is 42.8 Å². The normalized spacial score (nSPS) is 12.6. The summed E-state index contributed by atoms with van der Waals surface area (Å²) in [4.78, 5) is 27.5. The molecule has 1 amide bonds. The van der Waals surface area contributed by atoms with Crippen molar-refractivity contribution in [1.82, 2.24) is 14.9 Å². The Labute approximate surface area is 134 Å². The number of carbonyl (C=O) groups excluding carboxylic acids is 1. The van der Waals surface area contributed by atoms with E-state index in [1.807, 2.05) is 6.92 Å². The zero-order valence-corrected chi connectivity index (χ0v) is 14.1. The van der Waals surface area contributed by atoms with E-state index in [9.17, 15) is 9.59 Å². The third kappa shape index (κ3) is 3.11. The highest BCUT2D eigenvalue weighted by atomic mass is 32.1. The number of nitrogens with one attached hydrogen (secondary N) is 2. The van der Waals surface area contributed by atoms with Crippen LogP contribution < -0.4 is 10.9 Å². The first kappa shape index (κ1) is 16.4. The lowest BCUT2D eigenvalue weighted by atomic mass is 10.0. The Kier molecular flexibility index (Phi) is 4.81. The van der Waals surface area contributed by atoms with E-state index in [4.69, 9.17) is 12.2 Å². The molecule has 0 unspecified atom stereocenters. The first-order chi connectivity index (χ1) is 10.3. The van der Waals surface area contributed by atoms with E-state index in [1.165, 1.54) is 4.57 Å². The third-order valence-electron chi connectivity index (χ3n) is 3.92. The van der Waals surface area contributed by atoms with Crippen molar-refractivity contribution in [1.29, 1.82) is 0 Å². The van der Waals surface area contributed by atoms with Gasteiger partial charge in [-0.2, -0.15) is 0 Å². The topological polar surface area (TPSA) is 66.9 Å². The van der Waals surface area contributed by atoms with E-state index in [0.717, 1.165) is 6.42 Å². The molecule has 118 valence electrons. The fourth-order valence-electron chi connectivity index (χ4n) is 2.44. The van der Waals surface area contributed by atoms with Gasteiger partial charge in [0, 0.05) is 18.7 Å². The summed E-state index contributed by atoms with van der Waals surface area (Å²) in [6, 6.07) is 5.14. The van der Waals surface area contributed by atoms with Crippen LogP contribution >= 0.6 is 12.2 Å². The molecule has 0 spiro atoms. The first-order valence-electron chi connectivity index (χ1n) is 7.39. The summed E-state index contributed by atoms with van der Waals surface area (Å²) in [6.45, 7) is 6.21. The number of amides is 1. The Morgan fingerprint density at radius 1 is 1.41 bits per heavy atom. The van der Waals surface area contributed by atoms with Crippen LogP contribution in [0.2, 0.25) is 0 Å². The summed E-state index contributed by atoms with van der Waals surface area (Å²) in [6.07, 6.45) is 0.875. The minimum absolute atomic E-state index is 0.130. The Hall–Kier alpha value is -1.95. The number of aromatic nitrogens is 2. The lowest BCUT2D eigenvalue weighted by Crippen LogP contribution is -2.38. The fraction of sp³-hybridized carbons (Fsp3) is 0.438. The van der Waals surface area contributed by atoms with Crippen molar-refractivity contribution in [2.24, 2.45) is 13.0 Å². The quantitative estimate of drug-likeness (QED) is 0.852. The average molecular weight is 319 g/mol. The molecule has 6 heteroatoms. The molecule has 5 nitrogen and oxygen atoms in total. The van der Waals surface area contributed by atoms with Gasteiger partial charge in [0.1, 0.15) is 0 Å². The fourth-order valence-corrected chi connectivity index (χ4v) is 2.63. The summed E-state index contributed by atoms with van der Waals surface area (Å²) in [5.74, 6) is 0.231. The van der Waals surface area contributed by atoms with Crippen molar-refractivity contribution in [2.45, 2.75) is 33.2 Å². The zero-order valence-electron chi connectivity index (χ0n) is 13.3. The number of fused-ring (bicyclic) bond motifs is 1. The van der Waals surface area contributed by atoms with Crippen molar-refractivity contribution >= 4 is 29.0 Å². The van der Waals surface area contributed by atoms with Crippen LogP contribution in [0.25, 0.3) is 10.9 Å². The van der Waals surface area contributed by atoms with Crippen LogP contribution in [0.5, 0.6) is 0 Å². The zero-order chi connectivity index (χ0) is 16.4. The number of carbonyl (C=O) groups is 1. The molecule has 0 radical (unpaired) electrons. The average Bonchev–Trinajstić information content (AvgIpc) is 2.49.